The van der Waals surface area contributed by atoms with Crippen molar-refractivity contribution in [1.82, 2.24) is 5.32 Å². The van der Waals surface area contributed by atoms with E-state index in [4.69, 9.17) is 4.74 Å². The molecule has 0 radical (unpaired) electrons. The van der Waals surface area contributed by atoms with Gasteiger partial charge in [0.05, 0.1) is 7.11 Å². The van der Waals surface area contributed by atoms with Crippen LogP contribution < -0.4 is 10.1 Å². The molecule has 1 saturated carbocycles. The molecule has 0 amide bonds. The fraction of sp³-hybridized carbons (Fsp3) is 0.625. The smallest absolute Gasteiger partial charge is 0.118 e. The van der Waals surface area contributed by atoms with Crippen molar-refractivity contribution in [2.45, 2.75) is 39.0 Å². The summed E-state index contributed by atoms with van der Waals surface area (Å²) in [7, 11) is 1.72. The lowest BCUT2D eigenvalue weighted by molar-refractivity contribution is 0.0567. The molecule has 0 bridgehead atoms. The van der Waals surface area contributed by atoms with E-state index in [1.165, 1.54) is 18.4 Å². The number of rotatable bonds is 5. The highest BCUT2D eigenvalue weighted by molar-refractivity contribution is 5.35. The topological polar surface area (TPSA) is 21.3 Å². The lowest BCUT2D eigenvalue weighted by Crippen LogP contribution is -2.52. The maximum atomic E-state index is 5.24. The van der Waals surface area contributed by atoms with Gasteiger partial charge in [-0.1, -0.05) is 32.9 Å². The molecule has 18 heavy (non-hydrogen) atoms. The van der Waals surface area contributed by atoms with Crippen LogP contribution in [0.25, 0.3) is 0 Å². The summed E-state index contributed by atoms with van der Waals surface area (Å²) in [5.41, 5.74) is 2.25. The van der Waals surface area contributed by atoms with Gasteiger partial charge in [0.2, 0.25) is 0 Å². The van der Waals surface area contributed by atoms with Gasteiger partial charge in [-0.05, 0) is 42.5 Å². The van der Waals surface area contributed by atoms with Crippen LogP contribution in [0.1, 0.15) is 39.2 Å². The van der Waals surface area contributed by atoms with Crippen molar-refractivity contribution in [1.29, 1.82) is 0 Å². The van der Waals surface area contributed by atoms with E-state index in [0.29, 0.717) is 10.8 Å². The van der Waals surface area contributed by atoms with Gasteiger partial charge in [-0.3, -0.25) is 0 Å². The van der Waals surface area contributed by atoms with Crippen molar-refractivity contribution in [3.63, 3.8) is 0 Å². The maximum Gasteiger partial charge on any atom is 0.118 e. The summed E-state index contributed by atoms with van der Waals surface area (Å²) in [5.74, 6) is 0.941. The van der Waals surface area contributed by atoms with Crippen LogP contribution in [0.5, 0.6) is 5.75 Å². The van der Waals surface area contributed by atoms with Crippen LogP contribution >= 0.6 is 0 Å². The van der Waals surface area contributed by atoms with Crippen molar-refractivity contribution < 1.29 is 4.74 Å². The van der Waals surface area contributed by atoms with Gasteiger partial charge in [-0.25, -0.2) is 0 Å². The summed E-state index contributed by atoms with van der Waals surface area (Å²) in [6.45, 7) is 9.02. The quantitative estimate of drug-likeness (QED) is 0.861. The number of hydrogen-bond donors (Lipinski definition) is 1. The monoisotopic (exact) mass is 247 g/mol. The third-order valence-corrected chi connectivity index (χ3v) is 4.05. The normalized spacial score (nSPS) is 20.2. The molecule has 2 nitrogen and oxygen atoms in total. The largest absolute Gasteiger partial charge is 0.497 e. The highest BCUT2D eigenvalue weighted by atomic mass is 16.5. The first-order valence-corrected chi connectivity index (χ1v) is 6.87. The van der Waals surface area contributed by atoms with E-state index in [1.807, 2.05) is 0 Å². The van der Waals surface area contributed by atoms with Crippen LogP contribution in [-0.2, 0) is 5.41 Å². The average molecular weight is 247 g/mol. The van der Waals surface area contributed by atoms with Gasteiger partial charge >= 0.3 is 0 Å². The van der Waals surface area contributed by atoms with E-state index in [9.17, 15) is 0 Å². The zero-order chi connectivity index (χ0) is 13.2. The molecule has 0 aliphatic heterocycles. The molecule has 2 rings (SSSR count). The number of benzene rings is 1. The van der Waals surface area contributed by atoms with Gasteiger partial charge in [-0.2, -0.15) is 0 Å². The summed E-state index contributed by atoms with van der Waals surface area (Å²) >= 11 is 0. The Labute approximate surface area is 111 Å². The molecule has 0 spiro atoms. The Morgan fingerprint density at radius 3 is 2.22 bits per heavy atom. The van der Waals surface area contributed by atoms with Gasteiger partial charge in [-0.15, -0.1) is 0 Å². The van der Waals surface area contributed by atoms with Gasteiger partial charge in [0, 0.05) is 12.0 Å². The number of methoxy groups -OCH3 is 1. The lowest BCUT2D eigenvalue weighted by atomic mass is 9.52. The first-order valence-electron chi connectivity index (χ1n) is 6.87. The Bertz CT molecular complexity index is 386. The van der Waals surface area contributed by atoms with Crippen LogP contribution in [0.3, 0.4) is 0 Å². The summed E-state index contributed by atoms with van der Waals surface area (Å²) < 4.78 is 5.24. The first-order chi connectivity index (χ1) is 8.51. The van der Waals surface area contributed by atoms with E-state index in [1.54, 1.807) is 7.11 Å². The molecule has 0 atom stereocenters. The fourth-order valence-electron chi connectivity index (χ4n) is 3.52. The number of likely N-dealkylation sites (N-methyl/N-ethyl adjacent to an activating group) is 1. The maximum absolute atomic E-state index is 5.24. The Kier molecular flexibility index (Phi) is 3.67. The van der Waals surface area contributed by atoms with E-state index >= 15 is 0 Å². The van der Waals surface area contributed by atoms with Crippen molar-refractivity contribution in [2.75, 3.05) is 20.2 Å². The second-order valence-corrected chi connectivity index (χ2v) is 6.31. The molecule has 1 aliphatic rings. The minimum absolute atomic E-state index is 0.325. The van der Waals surface area contributed by atoms with E-state index in [0.717, 1.165) is 18.8 Å². The number of ether oxygens (including phenoxy) is 1. The van der Waals surface area contributed by atoms with E-state index < -0.39 is 0 Å². The number of hydrogen-bond acceptors (Lipinski definition) is 2. The van der Waals surface area contributed by atoms with Crippen LogP contribution in [0.4, 0.5) is 0 Å². The van der Waals surface area contributed by atoms with Crippen molar-refractivity contribution in [3.05, 3.63) is 29.8 Å². The standard InChI is InChI=1S/C16H25NO/c1-5-17-12-16(10-15(2,3)11-16)13-6-8-14(18-4)9-7-13/h6-9,17H,5,10-12H2,1-4H3. The van der Waals surface area contributed by atoms with E-state index in [-0.39, 0.29) is 0 Å². The Morgan fingerprint density at radius 1 is 1.17 bits per heavy atom. The third-order valence-electron chi connectivity index (χ3n) is 4.05. The minimum atomic E-state index is 0.325. The van der Waals surface area contributed by atoms with Gasteiger partial charge < -0.3 is 10.1 Å². The lowest BCUT2D eigenvalue weighted by Gasteiger charge is -2.54. The summed E-state index contributed by atoms with van der Waals surface area (Å²) in [6.07, 6.45) is 2.53. The fourth-order valence-corrected chi connectivity index (χ4v) is 3.52. The van der Waals surface area contributed by atoms with Crippen molar-refractivity contribution in [3.8, 4) is 5.75 Å². The van der Waals surface area contributed by atoms with Crippen LogP contribution in [0.15, 0.2) is 24.3 Å². The molecule has 0 aromatic heterocycles. The van der Waals surface area contributed by atoms with Gasteiger partial charge in [0.25, 0.3) is 0 Å². The molecule has 0 unspecified atom stereocenters. The number of nitrogens with one attached hydrogen (secondary N) is 1. The predicted octanol–water partition coefficient (Wildman–Crippen LogP) is 3.36. The molecule has 100 valence electrons. The van der Waals surface area contributed by atoms with Crippen LogP contribution in [-0.4, -0.2) is 20.2 Å². The van der Waals surface area contributed by atoms with Crippen molar-refractivity contribution >= 4 is 0 Å². The summed E-state index contributed by atoms with van der Waals surface area (Å²) in [5, 5.41) is 3.52. The predicted molar refractivity (Wildman–Crippen MR) is 76.2 cm³/mol. The Hall–Kier alpha value is -1.02. The third kappa shape index (κ3) is 2.54. The minimum Gasteiger partial charge on any atom is -0.497 e. The molecule has 1 aromatic carbocycles. The molecule has 1 fully saturated rings. The molecule has 1 N–H and O–H groups in total. The zero-order valence-corrected chi connectivity index (χ0v) is 12.0. The molecular weight excluding hydrogens is 222 g/mol. The molecular formula is C16H25NO. The Morgan fingerprint density at radius 2 is 1.78 bits per heavy atom. The van der Waals surface area contributed by atoms with Crippen LogP contribution in [0, 0.1) is 5.41 Å². The Balaban J connectivity index is 2.18. The molecule has 1 aromatic rings. The van der Waals surface area contributed by atoms with Gasteiger partial charge in [0.15, 0.2) is 0 Å². The molecule has 1 aliphatic carbocycles. The first kappa shape index (κ1) is 13.4. The van der Waals surface area contributed by atoms with Crippen molar-refractivity contribution in [2.24, 2.45) is 5.41 Å². The summed E-state index contributed by atoms with van der Waals surface area (Å²) in [6, 6.07) is 8.61. The highest BCUT2D eigenvalue weighted by Gasteiger charge is 2.49. The van der Waals surface area contributed by atoms with Crippen LogP contribution in [0.2, 0.25) is 0 Å². The summed E-state index contributed by atoms with van der Waals surface area (Å²) in [4.78, 5) is 0. The van der Waals surface area contributed by atoms with E-state index in [2.05, 4.69) is 50.4 Å². The molecule has 2 heteroatoms. The zero-order valence-electron chi connectivity index (χ0n) is 12.0. The highest BCUT2D eigenvalue weighted by Crippen LogP contribution is 2.55. The van der Waals surface area contributed by atoms with Gasteiger partial charge in [0.1, 0.15) is 5.75 Å². The average Bonchev–Trinajstić information content (AvgIpc) is 2.33. The molecule has 0 saturated heterocycles. The SMILES string of the molecule is CCNCC1(c2ccc(OC)cc2)CC(C)(C)C1. The second kappa shape index (κ2) is 4.93. The second-order valence-electron chi connectivity index (χ2n) is 6.31. The molecule has 0 heterocycles.